The molecule has 0 spiro atoms. The Kier molecular flexibility index (Phi) is 5.66. The van der Waals surface area contributed by atoms with Crippen LogP contribution in [0, 0.1) is 5.92 Å². The molecule has 1 aromatic carbocycles. The van der Waals surface area contributed by atoms with Crippen LogP contribution in [0.5, 0.6) is 0 Å². The molecule has 1 aliphatic rings. The lowest BCUT2D eigenvalue weighted by Gasteiger charge is -2.26. The number of rotatable bonds is 4. The van der Waals surface area contributed by atoms with E-state index in [1.54, 1.807) is 12.1 Å². The number of hydrogen-bond donors (Lipinski definition) is 0. The van der Waals surface area contributed by atoms with Crippen LogP contribution in [-0.2, 0) is 21.8 Å². The molecule has 3 aromatic rings. The Hall–Kier alpha value is -1.92. The first kappa shape index (κ1) is 21.3. The molecule has 1 saturated carbocycles. The van der Waals surface area contributed by atoms with Crippen molar-refractivity contribution in [1.82, 2.24) is 14.5 Å². The Morgan fingerprint density at radius 3 is 2.43 bits per heavy atom. The Morgan fingerprint density at radius 1 is 1.07 bits per heavy atom. The molecule has 30 heavy (non-hydrogen) atoms. The van der Waals surface area contributed by atoms with E-state index in [-0.39, 0.29) is 20.4 Å². The smallest absolute Gasteiger partial charge is 0.206 e. The minimum Gasteiger partial charge on any atom is -0.327 e. The fourth-order valence-electron chi connectivity index (χ4n) is 4.35. The summed E-state index contributed by atoms with van der Waals surface area (Å²) in [6.45, 7) is 7.40. The van der Waals surface area contributed by atoms with Gasteiger partial charge in [-0.15, -0.1) is 0 Å². The van der Waals surface area contributed by atoms with Crippen molar-refractivity contribution in [3.8, 4) is 0 Å². The number of imidazole rings is 1. The molecule has 0 radical (unpaired) electrons. The number of hydrogen-bond acceptors (Lipinski definition) is 4. The van der Waals surface area contributed by atoms with E-state index in [1.807, 2.05) is 6.07 Å². The van der Waals surface area contributed by atoms with Gasteiger partial charge in [0.15, 0.2) is 0 Å². The molecule has 0 bridgehead atoms. The molecule has 0 saturated heterocycles. The molecule has 0 amide bonds. The van der Waals surface area contributed by atoms with Crippen LogP contribution in [0.25, 0.3) is 11.0 Å². The average molecular weight is 446 g/mol. The molecule has 4 rings (SSSR count). The third-order valence-electron chi connectivity index (χ3n) is 5.87. The van der Waals surface area contributed by atoms with Gasteiger partial charge in [-0.2, -0.15) is 0 Å². The van der Waals surface area contributed by atoms with Crippen LogP contribution < -0.4 is 0 Å². The fraction of sp³-hybridized carbons (Fsp3) is 0.478. The number of pyridine rings is 1. The molecular weight excluding hydrogens is 418 g/mol. The summed E-state index contributed by atoms with van der Waals surface area (Å²) in [4.78, 5) is 9.14. The molecule has 2 aromatic heterocycles. The highest BCUT2D eigenvalue weighted by molar-refractivity contribution is 7.91. The third-order valence-corrected chi connectivity index (χ3v) is 7.83. The van der Waals surface area contributed by atoms with E-state index >= 15 is 0 Å². The van der Waals surface area contributed by atoms with Crippen molar-refractivity contribution in [1.29, 1.82) is 0 Å². The maximum absolute atomic E-state index is 13.1. The highest BCUT2D eigenvalue weighted by Gasteiger charge is 2.27. The highest BCUT2D eigenvalue weighted by Crippen LogP contribution is 2.33. The molecule has 160 valence electrons. The second kappa shape index (κ2) is 7.97. The zero-order valence-electron chi connectivity index (χ0n) is 17.7. The van der Waals surface area contributed by atoms with Crippen molar-refractivity contribution in [3.63, 3.8) is 0 Å². The van der Waals surface area contributed by atoms with Gasteiger partial charge in [-0.3, -0.25) is 0 Å². The van der Waals surface area contributed by atoms with Crippen LogP contribution in [0.2, 0.25) is 5.15 Å². The van der Waals surface area contributed by atoms with E-state index in [2.05, 4.69) is 30.3 Å². The zero-order chi connectivity index (χ0) is 21.5. The van der Waals surface area contributed by atoms with Gasteiger partial charge < -0.3 is 4.57 Å². The minimum absolute atomic E-state index is 0.134. The van der Waals surface area contributed by atoms with Crippen LogP contribution in [-0.4, -0.2) is 23.0 Å². The van der Waals surface area contributed by atoms with Crippen LogP contribution in [0.3, 0.4) is 0 Å². The SMILES string of the molecule is CC(C)(C)c1nc2cc(S(=O)(=O)c3ccnc(Cl)c3)ccc2n1CC1CCCCC1. The second-order valence-corrected chi connectivity index (χ2v) is 11.6. The van der Waals surface area contributed by atoms with Crippen molar-refractivity contribution in [2.75, 3.05) is 0 Å². The van der Waals surface area contributed by atoms with Crippen LogP contribution in [0.15, 0.2) is 46.3 Å². The molecule has 0 unspecified atom stereocenters. The number of benzene rings is 1. The van der Waals surface area contributed by atoms with E-state index in [9.17, 15) is 8.42 Å². The van der Waals surface area contributed by atoms with E-state index in [0.717, 1.165) is 23.4 Å². The first-order valence-electron chi connectivity index (χ1n) is 10.5. The Morgan fingerprint density at radius 2 is 1.77 bits per heavy atom. The number of fused-ring (bicyclic) bond motifs is 1. The lowest BCUT2D eigenvalue weighted by molar-refractivity contribution is 0.313. The second-order valence-electron chi connectivity index (χ2n) is 9.27. The summed E-state index contributed by atoms with van der Waals surface area (Å²) in [6, 6.07) is 8.11. The van der Waals surface area contributed by atoms with Gasteiger partial charge in [0.1, 0.15) is 11.0 Å². The summed E-state index contributed by atoms with van der Waals surface area (Å²) < 4.78 is 28.5. The Labute approximate surface area is 183 Å². The number of sulfone groups is 1. The van der Waals surface area contributed by atoms with Crippen molar-refractivity contribution >= 4 is 32.5 Å². The Bertz CT molecular complexity index is 1170. The molecule has 0 aliphatic heterocycles. The standard InChI is InChI=1S/C23H28ClN3O2S/c1-23(2,3)22-26-19-13-17(30(28,29)18-11-12-25-21(24)14-18)9-10-20(19)27(22)15-16-7-5-4-6-8-16/h9-14,16H,4-8,15H2,1-3H3. The molecule has 5 nitrogen and oxygen atoms in total. The molecule has 0 atom stereocenters. The van der Waals surface area contributed by atoms with Gasteiger partial charge in [0, 0.05) is 18.2 Å². The minimum atomic E-state index is -3.69. The van der Waals surface area contributed by atoms with Crippen molar-refractivity contribution in [2.45, 2.75) is 74.6 Å². The van der Waals surface area contributed by atoms with Gasteiger partial charge in [-0.1, -0.05) is 51.6 Å². The summed E-state index contributed by atoms with van der Waals surface area (Å²) in [6.07, 6.45) is 7.81. The van der Waals surface area contributed by atoms with Gasteiger partial charge in [-0.25, -0.2) is 18.4 Å². The molecule has 1 aliphatic carbocycles. The third kappa shape index (κ3) is 4.12. The average Bonchev–Trinajstić information content (AvgIpc) is 3.07. The summed E-state index contributed by atoms with van der Waals surface area (Å²) in [5.41, 5.74) is 1.58. The maximum Gasteiger partial charge on any atom is 0.206 e. The summed E-state index contributed by atoms with van der Waals surface area (Å²) in [7, 11) is -3.69. The van der Waals surface area contributed by atoms with Crippen LogP contribution in [0.4, 0.5) is 0 Å². The van der Waals surface area contributed by atoms with Crippen LogP contribution in [0.1, 0.15) is 58.7 Å². The monoisotopic (exact) mass is 445 g/mol. The molecule has 1 fully saturated rings. The predicted octanol–water partition coefficient (Wildman–Crippen LogP) is 5.80. The summed E-state index contributed by atoms with van der Waals surface area (Å²) in [5.74, 6) is 1.66. The first-order valence-corrected chi connectivity index (χ1v) is 12.4. The lowest BCUT2D eigenvalue weighted by Crippen LogP contribution is -2.22. The van der Waals surface area contributed by atoms with Crippen molar-refractivity contribution < 1.29 is 8.42 Å². The van der Waals surface area contributed by atoms with Gasteiger partial charge in [0.05, 0.1) is 20.8 Å². The molecule has 2 heterocycles. The molecular formula is C23H28ClN3O2S. The largest absolute Gasteiger partial charge is 0.327 e. The maximum atomic E-state index is 13.1. The normalized spacial score (nSPS) is 16.3. The molecule has 0 N–H and O–H groups in total. The van der Waals surface area contributed by atoms with Gasteiger partial charge >= 0.3 is 0 Å². The Balaban J connectivity index is 1.80. The van der Waals surface area contributed by atoms with E-state index < -0.39 is 9.84 Å². The summed E-state index contributed by atoms with van der Waals surface area (Å²) >= 11 is 5.91. The van der Waals surface area contributed by atoms with E-state index in [0.29, 0.717) is 5.92 Å². The van der Waals surface area contributed by atoms with Gasteiger partial charge in [0.2, 0.25) is 9.84 Å². The summed E-state index contributed by atoms with van der Waals surface area (Å²) in [5, 5.41) is 0.156. The van der Waals surface area contributed by atoms with Gasteiger partial charge in [-0.05, 0) is 49.1 Å². The van der Waals surface area contributed by atoms with Crippen molar-refractivity contribution in [3.05, 3.63) is 47.5 Å². The fourth-order valence-corrected chi connectivity index (χ4v) is 5.88. The van der Waals surface area contributed by atoms with E-state index in [1.165, 1.54) is 50.4 Å². The zero-order valence-corrected chi connectivity index (χ0v) is 19.3. The van der Waals surface area contributed by atoms with Crippen LogP contribution >= 0.6 is 11.6 Å². The van der Waals surface area contributed by atoms with Gasteiger partial charge in [0.25, 0.3) is 0 Å². The lowest BCUT2D eigenvalue weighted by atomic mass is 9.88. The van der Waals surface area contributed by atoms with Crippen molar-refractivity contribution in [2.24, 2.45) is 5.92 Å². The quantitative estimate of drug-likeness (QED) is 0.476. The number of nitrogens with zero attached hydrogens (tertiary/aromatic N) is 3. The predicted molar refractivity (Wildman–Crippen MR) is 120 cm³/mol. The first-order chi connectivity index (χ1) is 14.2. The highest BCUT2D eigenvalue weighted by atomic mass is 35.5. The topological polar surface area (TPSA) is 64.8 Å². The number of aromatic nitrogens is 3. The van der Waals surface area contributed by atoms with E-state index in [4.69, 9.17) is 16.6 Å². The molecule has 7 heteroatoms. The number of halogens is 1.